The predicted octanol–water partition coefficient (Wildman–Crippen LogP) is 4.75. The number of halogens is 2. The van der Waals surface area contributed by atoms with E-state index in [0.717, 1.165) is 62.7 Å². The Bertz CT molecular complexity index is 721. The van der Waals surface area contributed by atoms with E-state index in [1.54, 1.807) is 12.3 Å². The van der Waals surface area contributed by atoms with E-state index >= 15 is 0 Å². The SMILES string of the molecule is Clc1cc(Cl)cc(-c2nc(CN3CCSC4(CCOCC4)C3)co2)c1. The van der Waals surface area contributed by atoms with Crippen LogP contribution in [0.5, 0.6) is 0 Å². The molecule has 2 aromatic rings. The predicted molar refractivity (Wildman–Crippen MR) is 102 cm³/mol. The molecule has 0 saturated carbocycles. The molecule has 1 spiro atoms. The number of hydrogen-bond acceptors (Lipinski definition) is 5. The highest BCUT2D eigenvalue weighted by molar-refractivity contribution is 8.00. The summed E-state index contributed by atoms with van der Waals surface area (Å²) in [4.78, 5) is 7.11. The molecule has 0 radical (unpaired) electrons. The Hall–Kier alpha value is -0.720. The number of oxazole rings is 1. The van der Waals surface area contributed by atoms with Crippen LogP contribution in [0.4, 0.5) is 0 Å². The fraction of sp³-hybridized carbons (Fsp3) is 0.500. The van der Waals surface area contributed by atoms with Gasteiger partial charge in [-0.1, -0.05) is 23.2 Å². The lowest BCUT2D eigenvalue weighted by atomic mass is 9.98. The van der Waals surface area contributed by atoms with Crippen molar-refractivity contribution >= 4 is 35.0 Å². The molecule has 4 rings (SSSR count). The Morgan fingerprint density at radius 2 is 1.92 bits per heavy atom. The Balaban J connectivity index is 1.45. The molecule has 0 amide bonds. The highest BCUT2D eigenvalue weighted by atomic mass is 35.5. The average molecular weight is 399 g/mol. The minimum absolute atomic E-state index is 0.351. The first-order chi connectivity index (χ1) is 12.1. The third kappa shape index (κ3) is 4.17. The van der Waals surface area contributed by atoms with Crippen LogP contribution in [0.25, 0.3) is 11.5 Å². The maximum Gasteiger partial charge on any atom is 0.226 e. The summed E-state index contributed by atoms with van der Waals surface area (Å²) < 4.78 is 11.6. The van der Waals surface area contributed by atoms with Crippen LogP contribution in [0.3, 0.4) is 0 Å². The Morgan fingerprint density at radius 1 is 1.16 bits per heavy atom. The molecule has 134 valence electrons. The smallest absolute Gasteiger partial charge is 0.226 e. The highest BCUT2D eigenvalue weighted by Gasteiger charge is 2.37. The molecular formula is C18H20Cl2N2O2S. The number of hydrogen-bond donors (Lipinski definition) is 0. The minimum Gasteiger partial charge on any atom is -0.444 e. The molecule has 0 unspecified atom stereocenters. The summed E-state index contributed by atoms with van der Waals surface area (Å²) in [6.45, 7) is 4.74. The lowest BCUT2D eigenvalue weighted by Gasteiger charge is -2.44. The van der Waals surface area contributed by atoms with E-state index in [1.165, 1.54) is 0 Å². The van der Waals surface area contributed by atoms with Gasteiger partial charge in [-0.15, -0.1) is 0 Å². The van der Waals surface area contributed by atoms with E-state index in [2.05, 4.69) is 21.6 Å². The summed E-state index contributed by atoms with van der Waals surface area (Å²) in [5.41, 5.74) is 1.75. The summed E-state index contributed by atoms with van der Waals surface area (Å²) in [7, 11) is 0. The maximum atomic E-state index is 6.07. The van der Waals surface area contributed by atoms with Gasteiger partial charge in [0.25, 0.3) is 0 Å². The second kappa shape index (κ2) is 7.49. The lowest BCUT2D eigenvalue weighted by Crippen LogP contribution is -2.49. The van der Waals surface area contributed by atoms with Crippen LogP contribution < -0.4 is 0 Å². The van der Waals surface area contributed by atoms with Gasteiger partial charge in [0.2, 0.25) is 5.89 Å². The zero-order valence-electron chi connectivity index (χ0n) is 13.8. The van der Waals surface area contributed by atoms with Gasteiger partial charge in [-0.05, 0) is 31.0 Å². The van der Waals surface area contributed by atoms with Gasteiger partial charge in [0.05, 0.1) is 5.69 Å². The number of aromatic nitrogens is 1. The van der Waals surface area contributed by atoms with Crippen molar-refractivity contribution in [2.24, 2.45) is 0 Å². The molecule has 3 heterocycles. The summed E-state index contributed by atoms with van der Waals surface area (Å²) in [5, 5.41) is 1.16. The van der Waals surface area contributed by atoms with Crippen LogP contribution in [0.2, 0.25) is 10.0 Å². The monoisotopic (exact) mass is 398 g/mol. The van der Waals surface area contributed by atoms with Gasteiger partial charge in [0, 0.05) is 59.0 Å². The van der Waals surface area contributed by atoms with Crippen LogP contribution in [-0.2, 0) is 11.3 Å². The van der Waals surface area contributed by atoms with Gasteiger partial charge in [0.1, 0.15) is 6.26 Å². The molecule has 2 saturated heterocycles. The quantitative estimate of drug-likeness (QED) is 0.745. The number of ether oxygens (including phenoxy) is 1. The first kappa shape index (κ1) is 17.7. The molecule has 25 heavy (non-hydrogen) atoms. The average Bonchev–Trinajstić information content (AvgIpc) is 3.03. The second-order valence-electron chi connectivity index (χ2n) is 6.66. The Morgan fingerprint density at radius 3 is 2.68 bits per heavy atom. The Labute approximate surface area is 161 Å². The standard InChI is InChI=1S/C18H20Cl2N2O2S/c19-14-7-13(8-15(20)9-14)17-21-16(11-24-17)10-22-3-6-25-18(12-22)1-4-23-5-2-18/h7-9,11H,1-6,10,12H2. The molecule has 0 atom stereocenters. The van der Waals surface area contributed by atoms with Crippen molar-refractivity contribution in [1.29, 1.82) is 0 Å². The van der Waals surface area contributed by atoms with E-state index in [4.69, 9.17) is 32.4 Å². The molecule has 2 fully saturated rings. The third-order valence-electron chi connectivity index (χ3n) is 4.78. The second-order valence-corrected chi connectivity index (χ2v) is 9.09. The van der Waals surface area contributed by atoms with Gasteiger partial charge in [-0.3, -0.25) is 4.90 Å². The molecular weight excluding hydrogens is 379 g/mol. The van der Waals surface area contributed by atoms with E-state index in [0.29, 0.717) is 20.7 Å². The van der Waals surface area contributed by atoms with Crippen molar-refractivity contribution in [2.45, 2.75) is 24.1 Å². The van der Waals surface area contributed by atoms with E-state index in [9.17, 15) is 0 Å². The van der Waals surface area contributed by atoms with Crippen LogP contribution in [0, 0.1) is 0 Å². The molecule has 7 heteroatoms. The topological polar surface area (TPSA) is 38.5 Å². The number of benzene rings is 1. The zero-order chi connectivity index (χ0) is 17.3. The van der Waals surface area contributed by atoms with Crippen molar-refractivity contribution in [1.82, 2.24) is 9.88 Å². The van der Waals surface area contributed by atoms with Gasteiger partial charge >= 0.3 is 0 Å². The van der Waals surface area contributed by atoms with Crippen molar-refractivity contribution in [3.8, 4) is 11.5 Å². The van der Waals surface area contributed by atoms with Crippen LogP contribution in [0.15, 0.2) is 28.9 Å². The van der Waals surface area contributed by atoms with E-state index in [1.807, 2.05) is 12.1 Å². The van der Waals surface area contributed by atoms with Crippen molar-refractivity contribution in [3.63, 3.8) is 0 Å². The van der Waals surface area contributed by atoms with Gasteiger partial charge in [-0.25, -0.2) is 4.98 Å². The third-order valence-corrected chi connectivity index (χ3v) is 6.75. The van der Waals surface area contributed by atoms with E-state index in [-0.39, 0.29) is 0 Å². The molecule has 1 aromatic carbocycles. The summed E-state index contributed by atoms with van der Waals surface area (Å²) in [6, 6.07) is 5.34. The zero-order valence-corrected chi connectivity index (χ0v) is 16.2. The fourth-order valence-corrected chi connectivity index (χ4v) is 5.56. The molecule has 4 nitrogen and oxygen atoms in total. The summed E-state index contributed by atoms with van der Waals surface area (Å²) in [6.07, 6.45) is 4.01. The molecule has 2 aliphatic rings. The van der Waals surface area contributed by atoms with Gasteiger partial charge in [-0.2, -0.15) is 11.8 Å². The summed E-state index contributed by atoms with van der Waals surface area (Å²) in [5.74, 6) is 1.72. The first-order valence-electron chi connectivity index (χ1n) is 8.47. The summed E-state index contributed by atoms with van der Waals surface area (Å²) >= 11 is 14.3. The van der Waals surface area contributed by atoms with Crippen LogP contribution >= 0.6 is 35.0 Å². The highest BCUT2D eigenvalue weighted by Crippen LogP contribution is 2.39. The van der Waals surface area contributed by atoms with Gasteiger partial charge < -0.3 is 9.15 Å². The fourth-order valence-electron chi connectivity index (χ4n) is 3.52. The molecule has 0 bridgehead atoms. The molecule has 0 N–H and O–H groups in total. The number of nitrogens with zero attached hydrogens (tertiary/aromatic N) is 2. The minimum atomic E-state index is 0.351. The van der Waals surface area contributed by atoms with Crippen molar-refractivity contribution < 1.29 is 9.15 Å². The van der Waals surface area contributed by atoms with Crippen molar-refractivity contribution in [2.75, 3.05) is 32.1 Å². The van der Waals surface area contributed by atoms with E-state index < -0.39 is 0 Å². The molecule has 2 aliphatic heterocycles. The van der Waals surface area contributed by atoms with Crippen LogP contribution in [-0.4, -0.2) is 46.7 Å². The lowest BCUT2D eigenvalue weighted by molar-refractivity contribution is 0.0623. The van der Waals surface area contributed by atoms with Crippen LogP contribution in [0.1, 0.15) is 18.5 Å². The van der Waals surface area contributed by atoms with Gasteiger partial charge in [0.15, 0.2) is 0 Å². The Kier molecular flexibility index (Phi) is 5.30. The molecule has 0 aliphatic carbocycles. The number of rotatable bonds is 3. The van der Waals surface area contributed by atoms with Crippen molar-refractivity contribution in [3.05, 3.63) is 40.2 Å². The molecule has 1 aromatic heterocycles. The number of thioether (sulfide) groups is 1. The largest absolute Gasteiger partial charge is 0.444 e. The first-order valence-corrected chi connectivity index (χ1v) is 10.2. The maximum absolute atomic E-state index is 6.07. The normalized spacial score (nSPS) is 20.9.